The summed E-state index contributed by atoms with van der Waals surface area (Å²) >= 11 is 0.949. The number of hydrogen-bond donors (Lipinski definition) is 1. The third kappa shape index (κ3) is 4.58. The maximum Gasteiger partial charge on any atom is 0.251 e. The number of rotatable bonds is 6. The number of sulfonamides is 1. The van der Waals surface area contributed by atoms with Gasteiger partial charge < -0.3 is 0 Å². The Kier molecular flexibility index (Phi) is 6.35. The molecular formula is C21H22FN3O3S2. The Morgan fingerprint density at radius 2 is 1.83 bits per heavy atom. The minimum atomic E-state index is -3.62. The van der Waals surface area contributed by atoms with Crippen molar-refractivity contribution in [3.05, 3.63) is 65.1 Å². The first-order chi connectivity index (χ1) is 14.1. The molecule has 158 valence electrons. The number of aromatic nitrogens is 1. The molecule has 0 bridgehead atoms. The fourth-order valence-electron chi connectivity index (χ4n) is 2.96. The highest BCUT2D eigenvalue weighted by Crippen LogP contribution is 2.29. The number of benzene rings is 2. The van der Waals surface area contributed by atoms with Gasteiger partial charge in [0.15, 0.2) is 9.34 Å². The molecule has 0 radical (unpaired) electrons. The summed E-state index contributed by atoms with van der Waals surface area (Å²) in [5, 5.41) is 0.318. The molecule has 3 rings (SSSR count). The lowest BCUT2D eigenvalue weighted by Gasteiger charge is -2.14. The Hall–Kier alpha value is -2.62. The average Bonchev–Trinajstić information content (AvgIpc) is 3.12. The van der Waals surface area contributed by atoms with Crippen LogP contribution >= 0.6 is 11.3 Å². The smallest absolute Gasteiger partial charge is 0.251 e. The lowest BCUT2D eigenvalue weighted by Crippen LogP contribution is -2.27. The summed E-state index contributed by atoms with van der Waals surface area (Å²) < 4.78 is 40.0. The van der Waals surface area contributed by atoms with Crippen LogP contribution in [0.3, 0.4) is 0 Å². The first-order valence-corrected chi connectivity index (χ1v) is 11.5. The van der Waals surface area contributed by atoms with Gasteiger partial charge in [-0.2, -0.15) is 0 Å². The fourth-order valence-corrected chi connectivity index (χ4v) is 5.27. The molecule has 0 aliphatic carbocycles. The number of halogens is 1. The second-order valence-electron chi connectivity index (χ2n) is 6.86. The third-order valence-corrected chi connectivity index (χ3v) is 7.99. The first kappa shape index (κ1) is 22.1. The van der Waals surface area contributed by atoms with E-state index in [0.29, 0.717) is 10.8 Å². The summed E-state index contributed by atoms with van der Waals surface area (Å²) in [7, 11) is -0.721. The van der Waals surface area contributed by atoms with Gasteiger partial charge in [0, 0.05) is 7.05 Å². The number of aryl methyl sites for hydroxylation is 2. The zero-order chi connectivity index (χ0) is 22.1. The lowest BCUT2D eigenvalue weighted by atomic mass is 9.98. The fraction of sp³-hybridized carbons (Fsp3) is 0.238. The molecule has 0 unspecified atom stereocenters. The number of hydrogen-bond acceptors (Lipinski definition) is 5. The van der Waals surface area contributed by atoms with Gasteiger partial charge >= 0.3 is 0 Å². The maximum absolute atomic E-state index is 13.6. The molecule has 1 N–H and O–H groups in total. The monoisotopic (exact) mass is 447 g/mol. The zero-order valence-electron chi connectivity index (χ0n) is 17.1. The van der Waals surface area contributed by atoms with Crippen LogP contribution in [0.25, 0.3) is 11.1 Å². The highest BCUT2D eigenvalue weighted by atomic mass is 32.2. The van der Waals surface area contributed by atoms with E-state index in [9.17, 15) is 17.6 Å². The molecule has 1 amide bonds. The first-order valence-electron chi connectivity index (χ1n) is 9.15. The molecule has 1 heterocycles. The summed E-state index contributed by atoms with van der Waals surface area (Å²) in [4.78, 5) is 18.3. The number of likely N-dealkylation sites (N-methyl/N-ethyl adjacent to an activating group) is 1. The van der Waals surface area contributed by atoms with Gasteiger partial charge in [-0.05, 0) is 55.3 Å². The number of amides is 1. The Bertz CT molecular complexity index is 1190. The molecule has 0 saturated carbocycles. The molecule has 0 spiro atoms. The van der Waals surface area contributed by atoms with Gasteiger partial charge in [0.2, 0.25) is 5.91 Å². The summed E-state index contributed by atoms with van der Waals surface area (Å²) in [6.07, 6.45) is 0.131. The SMILES string of the molecule is CNS(=O)(=O)c1sc(N(C)C(=O)Cc2ccc(-c3cc(F)ccc3C)cc2)nc1C. The minimum Gasteiger partial charge on any atom is -0.291 e. The summed E-state index contributed by atoms with van der Waals surface area (Å²) in [5.74, 6) is -0.512. The highest BCUT2D eigenvalue weighted by molar-refractivity contribution is 7.91. The van der Waals surface area contributed by atoms with Crippen molar-refractivity contribution >= 4 is 32.4 Å². The van der Waals surface area contributed by atoms with E-state index in [1.54, 1.807) is 20.0 Å². The minimum absolute atomic E-state index is 0.0921. The molecule has 6 nitrogen and oxygen atoms in total. The van der Waals surface area contributed by atoms with Crippen molar-refractivity contribution < 1.29 is 17.6 Å². The van der Waals surface area contributed by atoms with E-state index in [0.717, 1.165) is 33.6 Å². The van der Waals surface area contributed by atoms with Gasteiger partial charge in [0.05, 0.1) is 12.1 Å². The predicted octanol–water partition coefficient (Wildman–Crippen LogP) is 3.68. The lowest BCUT2D eigenvalue weighted by molar-refractivity contribution is -0.117. The van der Waals surface area contributed by atoms with E-state index >= 15 is 0 Å². The normalized spacial score (nSPS) is 11.5. The molecule has 0 atom stereocenters. The van der Waals surface area contributed by atoms with Crippen molar-refractivity contribution in [3.8, 4) is 11.1 Å². The van der Waals surface area contributed by atoms with Crippen LogP contribution in [0.5, 0.6) is 0 Å². The maximum atomic E-state index is 13.6. The van der Waals surface area contributed by atoms with Gasteiger partial charge in [0.25, 0.3) is 10.0 Å². The van der Waals surface area contributed by atoms with Crippen LogP contribution in [0, 0.1) is 19.7 Å². The van der Waals surface area contributed by atoms with E-state index in [2.05, 4.69) is 9.71 Å². The van der Waals surface area contributed by atoms with Gasteiger partial charge in [-0.1, -0.05) is 41.7 Å². The molecule has 9 heteroatoms. The second kappa shape index (κ2) is 8.63. The van der Waals surface area contributed by atoms with Crippen LogP contribution in [0.15, 0.2) is 46.7 Å². The van der Waals surface area contributed by atoms with E-state index < -0.39 is 10.0 Å². The van der Waals surface area contributed by atoms with Crippen molar-refractivity contribution in [2.24, 2.45) is 0 Å². The van der Waals surface area contributed by atoms with Crippen LogP contribution in [0.1, 0.15) is 16.8 Å². The molecule has 0 fully saturated rings. The van der Waals surface area contributed by atoms with E-state index in [4.69, 9.17) is 0 Å². The van der Waals surface area contributed by atoms with Crippen molar-refractivity contribution in [2.75, 3.05) is 19.0 Å². The van der Waals surface area contributed by atoms with Crippen molar-refractivity contribution in [1.29, 1.82) is 0 Å². The summed E-state index contributed by atoms with van der Waals surface area (Å²) in [6, 6.07) is 12.0. The van der Waals surface area contributed by atoms with Gasteiger partial charge in [0.1, 0.15) is 5.82 Å². The number of nitrogens with one attached hydrogen (secondary N) is 1. The number of thiazole rings is 1. The number of nitrogens with zero attached hydrogens (tertiary/aromatic N) is 2. The van der Waals surface area contributed by atoms with Crippen LogP contribution in [0.4, 0.5) is 9.52 Å². The molecular weight excluding hydrogens is 425 g/mol. The van der Waals surface area contributed by atoms with Crippen molar-refractivity contribution in [3.63, 3.8) is 0 Å². The molecule has 0 saturated heterocycles. The molecule has 2 aromatic carbocycles. The van der Waals surface area contributed by atoms with E-state index in [1.165, 1.54) is 24.1 Å². The third-order valence-electron chi connectivity index (χ3n) is 4.74. The van der Waals surface area contributed by atoms with Crippen molar-refractivity contribution in [2.45, 2.75) is 24.5 Å². The number of carbonyl (C=O) groups is 1. The van der Waals surface area contributed by atoms with Gasteiger partial charge in [-0.15, -0.1) is 0 Å². The molecule has 1 aromatic heterocycles. The van der Waals surface area contributed by atoms with Gasteiger partial charge in [-0.25, -0.2) is 22.5 Å². The number of anilines is 1. The largest absolute Gasteiger partial charge is 0.291 e. The van der Waals surface area contributed by atoms with Crippen LogP contribution in [-0.4, -0.2) is 33.4 Å². The Morgan fingerprint density at radius 3 is 2.47 bits per heavy atom. The molecule has 0 aliphatic heterocycles. The summed E-state index contributed by atoms with van der Waals surface area (Å²) in [5.41, 5.74) is 3.78. The van der Waals surface area contributed by atoms with Crippen LogP contribution < -0.4 is 9.62 Å². The van der Waals surface area contributed by atoms with Gasteiger partial charge in [-0.3, -0.25) is 9.69 Å². The molecule has 0 aliphatic rings. The Morgan fingerprint density at radius 1 is 1.17 bits per heavy atom. The van der Waals surface area contributed by atoms with Crippen LogP contribution in [0.2, 0.25) is 0 Å². The average molecular weight is 448 g/mol. The topological polar surface area (TPSA) is 79.4 Å². The Labute approximate surface area is 179 Å². The number of carbonyl (C=O) groups excluding carboxylic acids is 1. The standard InChI is InChI=1S/C21H22FN3O3S2/c1-13-5-10-17(22)12-18(13)16-8-6-15(7-9-16)11-19(26)25(4)21-24-14(2)20(29-21)30(27,28)23-3/h5-10,12,23H,11H2,1-4H3. The highest BCUT2D eigenvalue weighted by Gasteiger charge is 2.23. The zero-order valence-corrected chi connectivity index (χ0v) is 18.7. The van der Waals surface area contributed by atoms with Crippen LogP contribution in [-0.2, 0) is 21.2 Å². The quantitative estimate of drug-likeness (QED) is 0.625. The second-order valence-corrected chi connectivity index (χ2v) is 9.92. The predicted molar refractivity (Wildman–Crippen MR) is 117 cm³/mol. The van der Waals surface area contributed by atoms with E-state index in [1.807, 2.05) is 31.2 Å². The molecule has 3 aromatic rings. The summed E-state index contributed by atoms with van der Waals surface area (Å²) in [6.45, 7) is 3.51. The Balaban J connectivity index is 1.76. The molecule has 30 heavy (non-hydrogen) atoms. The van der Waals surface area contributed by atoms with Crippen molar-refractivity contribution in [1.82, 2.24) is 9.71 Å². The van der Waals surface area contributed by atoms with E-state index in [-0.39, 0.29) is 22.4 Å².